The number of nitrogens with zero attached hydrogens (tertiary/aromatic N) is 4. The number of fused-ring (bicyclic) bond motifs is 1. The zero-order valence-corrected chi connectivity index (χ0v) is 22.8. The van der Waals surface area contributed by atoms with E-state index in [1.807, 2.05) is 28.6 Å². The minimum atomic E-state index is -0.510. The minimum Gasteiger partial charge on any atom is -0.390 e. The summed E-state index contributed by atoms with van der Waals surface area (Å²) >= 11 is 6.28. The number of carbonyl (C=O) groups is 1. The molecule has 2 aromatic carbocycles. The van der Waals surface area contributed by atoms with Crippen LogP contribution in [0.4, 0.5) is 0 Å². The molecule has 0 radical (unpaired) electrons. The first kappa shape index (κ1) is 26.0. The number of benzene rings is 2. The fraction of sp³-hybridized carbons (Fsp3) is 0.467. The van der Waals surface area contributed by atoms with Crippen LogP contribution in [0.2, 0.25) is 5.02 Å². The number of aliphatic hydroxyl groups is 1. The van der Waals surface area contributed by atoms with Crippen LogP contribution >= 0.6 is 11.6 Å². The van der Waals surface area contributed by atoms with E-state index in [0.717, 1.165) is 65.5 Å². The molecule has 3 heterocycles. The van der Waals surface area contributed by atoms with Crippen LogP contribution in [0, 0.1) is 13.8 Å². The summed E-state index contributed by atoms with van der Waals surface area (Å²) < 4.78 is 1.98. The highest BCUT2D eigenvalue weighted by molar-refractivity contribution is 6.31. The predicted octanol–water partition coefficient (Wildman–Crippen LogP) is 4.97. The number of halogens is 1. The average Bonchev–Trinajstić information content (AvgIpc) is 3.24. The summed E-state index contributed by atoms with van der Waals surface area (Å²) in [4.78, 5) is 16.4. The summed E-state index contributed by atoms with van der Waals surface area (Å²) in [6.07, 6.45) is 2.47. The number of β-amino-alcohol motifs (C(OH)–C–C–N with tert-alkyl or cyclic N) is 1. The Hall–Kier alpha value is -2.67. The topological polar surface area (TPSA) is 61.6 Å². The number of aromatic nitrogens is 2. The maximum atomic E-state index is 12.1. The van der Waals surface area contributed by atoms with Gasteiger partial charge >= 0.3 is 0 Å². The maximum Gasteiger partial charge on any atom is 0.219 e. The number of carbonyl (C=O) groups excluding carboxylic acids is 1. The van der Waals surface area contributed by atoms with Gasteiger partial charge in [0.05, 0.1) is 18.3 Å². The highest BCUT2D eigenvalue weighted by Crippen LogP contribution is 2.33. The summed E-state index contributed by atoms with van der Waals surface area (Å²) in [6, 6.07) is 14.7. The van der Waals surface area contributed by atoms with E-state index in [2.05, 4.69) is 42.2 Å². The highest BCUT2D eigenvalue weighted by Gasteiger charge is 2.29. The van der Waals surface area contributed by atoms with Crippen molar-refractivity contribution in [3.05, 3.63) is 75.4 Å². The summed E-state index contributed by atoms with van der Waals surface area (Å²) in [6.45, 7) is 10.1. The molecule has 0 bridgehead atoms. The van der Waals surface area contributed by atoms with Crippen molar-refractivity contribution in [1.29, 1.82) is 0 Å². The number of piperidine rings is 1. The van der Waals surface area contributed by atoms with E-state index in [-0.39, 0.29) is 5.91 Å². The molecular weight excluding hydrogens is 484 g/mol. The second-order valence-corrected chi connectivity index (χ2v) is 11.1. The monoisotopic (exact) mass is 520 g/mol. The fourth-order valence-corrected chi connectivity index (χ4v) is 6.08. The van der Waals surface area contributed by atoms with Crippen molar-refractivity contribution in [2.24, 2.45) is 0 Å². The molecule has 3 aromatic rings. The zero-order chi connectivity index (χ0) is 26.1. The second kappa shape index (κ2) is 11.0. The van der Waals surface area contributed by atoms with Crippen molar-refractivity contribution in [3.8, 4) is 11.3 Å². The van der Waals surface area contributed by atoms with E-state index in [1.165, 1.54) is 11.1 Å². The minimum absolute atomic E-state index is 0.0748. The summed E-state index contributed by atoms with van der Waals surface area (Å²) in [5.74, 6) is 0.674. The van der Waals surface area contributed by atoms with Gasteiger partial charge in [-0.3, -0.25) is 9.48 Å². The van der Waals surface area contributed by atoms with E-state index in [1.54, 1.807) is 6.92 Å². The van der Waals surface area contributed by atoms with E-state index in [0.29, 0.717) is 32.1 Å². The number of hydrogen-bond acceptors (Lipinski definition) is 4. The lowest BCUT2D eigenvalue weighted by Crippen LogP contribution is -2.40. The Morgan fingerprint density at radius 2 is 1.84 bits per heavy atom. The third-order valence-corrected chi connectivity index (χ3v) is 8.50. The summed E-state index contributed by atoms with van der Waals surface area (Å²) in [5, 5.41) is 16.8. The van der Waals surface area contributed by atoms with Crippen LogP contribution in [0.3, 0.4) is 0 Å². The molecule has 2 aliphatic rings. The lowest BCUT2D eigenvalue weighted by Gasteiger charge is -2.34. The van der Waals surface area contributed by atoms with Gasteiger partial charge in [-0.05, 0) is 74.5 Å². The Morgan fingerprint density at radius 3 is 2.54 bits per heavy atom. The maximum absolute atomic E-state index is 12.1. The van der Waals surface area contributed by atoms with Gasteiger partial charge in [0.2, 0.25) is 5.91 Å². The molecule has 1 aromatic heterocycles. The number of hydrogen-bond donors (Lipinski definition) is 1. The van der Waals surface area contributed by atoms with Gasteiger partial charge in [0.1, 0.15) is 0 Å². The molecule has 37 heavy (non-hydrogen) atoms. The first-order valence-electron chi connectivity index (χ1n) is 13.4. The Morgan fingerprint density at radius 1 is 1.08 bits per heavy atom. The zero-order valence-electron chi connectivity index (χ0n) is 22.1. The van der Waals surface area contributed by atoms with Crippen molar-refractivity contribution in [1.82, 2.24) is 19.6 Å². The molecule has 2 aliphatic heterocycles. The predicted molar refractivity (Wildman–Crippen MR) is 148 cm³/mol. The number of aliphatic hydroxyl groups excluding tert-OH is 1. The summed E-state index contributed by atoms with van der Waals surface area (Å²) in [7, 11) is 0. The molecule has 1 N–H and O–H groups in total. The van der Waals surface area contributed by atoms with Gasteiger partial charge in [0.15, 0.2) is 0 Å². The Bertz CT molecular complexity index is 1280. The highest BCUT2D eigenvalue weighted by atomic mass is 35.5. The van der Waals surface area contributed by atoms with Crippen molar-refractivity contribution in [2.75, 3.05) is 26.2 Å². The molecule has 6 nitrogen and oxygen atoms in total. The number of aryl methyl sites for hydroxylation is 2. The van der Waals surface area contributed by atoms with Crippen LogP contribution in [-0.4, -0.2) is 62.9 Å². The lowest BCUT2D eigenvalue weighted by molar-refractivity contribution is -0.129. The molecule has 7 heteroatoms. The molecule has 0 aliphatic carbocycles. The molecule has 1 atom stereocenters. The van der Waals surface area contributed by atoms with Gasteiger partial charge in [-0.1, -0.05) is 41.9 Å². The van der Waals surface area contributed by atoms with E-state index < -0.39 is 6.10 Å². The molecule has 196 valence electrons. The van der Waals surface area contributed by atoms with Gasteiger partial charge in [0.25, 0.3) is 0 Å². The fourth-order valence-electron chi connectivity index (χ4n) is 5.96. The van der Waals surface area contributed by atoms with Crippen LogP contribution in [0.25, 0.3) is 11.3 Å². The molecule has 1 unspecified atom stereocenters. The normalized spacial score (nSPS) is 17.6. The van der Waals surface area contributed by atoms with Gasteiger partial charge in [0, 0.05) is 54.8 Å². The van der Waals surface area contributed by atoms with Crippen LogP contribution in [0.5, 0.6) is 0 Å². The van der Waals surface area contributed by atoms with Crippen LogP contribution in [-0.2, 0) is 24.3 Å². The average molecular weight is 521 g/mol. The van der Waals surface area contributed by atoms with Crippen LogP contribution in [0.15, 0.2) is 42.5 Å². The van der Waals surface area contributed by atoms with E-state index >= 15 is 0 Å². The van der Waals surface area contributed by atoms with Gasteiger partial charge in [-0.2, -0.15) is 5.10 Å². The standard InChI is InChI=1S/C30H37ClN4O2/c1-20-6-4-5-7-26(20)23-10-13-33(14-11-23)17-25(37)18-35-29-12-15-34(22(3)36)19-27(29)30(32-35)24-8-9-28(31)21(2)16-24/h4-9,16,23,25,37H,10-15,17-19H2,1-3H3. The second-order valence-electron chi connectivity index (χ2n) is 10.7. The van der Waals surface area contributed by atoms with Gasteiger partial charge in [-0.15, -0.1) is 0 Å². The van der Waals surface area contributed by atoms with Crippen molar-refractivity contribution in [3.63, 3.8) is 0 Å². The van der Waals surface area contributed by atoms with Crippen molar-refractivity contribution < 1.29 is 9.90 Å². The van der Waals surface area contributed by atoms with Crippen molar-refractivity contribution in [2.45, 2.75) is 65.1 Å². The number of likely N-dealkylation sites (tertiary alicyclic amines) is 1. The molecule has 1 saturated heterocycles. The molecule has 1 fully saturated rings. The Labute approximate surface area is 224 Å². The first-order chi connectivity index (χ1) is 17.8. The van der Waals surface area contributed by atoms with Gasteiger partial charge in [-0.25, -0.2) is 0 Å². The quantitative estimate of drug-likeness (QED) is 0.498. The molecule has 0 saturated carbocycles. The lowest BCUT2D eigenvalue weighted by atomic mass is 9.87. The third kappa shape index (κ3) is 5.62. The Balaban J connectivity index is 1.29. The summed E-state index contributed by atoms with van der Waals surface area (Å²) in [5.41, 5.74) is 7.92. The van der Waals surface area contributed by atoms with Crippen LogP contribution in [0.1, 0.15) is 53.6 Å². The molecule has 0 spiro atoms. The van der Waals surface area contributed by atoms with Crippen molar-refractivity contribution >= 4 is 17.5 Å². The van der Waals surface area contributed by atoms with E-state index in [9.17, 15) is 9.90 Å². The van der Waals surface area contributed by atoms with Crippen LogP contribution < -0.4 is 0 Å². The largest absolute Gasteiger partial charge is 0.390 e. The molecule has 1 amide bonds. The number of rotatable bonds is 6. The Kier molecular flexibility index (Phi) is 7.70. The van der Waals surface area contributed by atoms with E-state index in [4.69, 9.17) is 16.7 Å². The number of amides is 1. The van der Waals surface area contributed by atoms with Gasteiger partial charge < -0.3 is 14.9 Å². The third-order valence-electron chi connectivity index (χ3n) is 8.08. The SMILES string of the molecule is CC(=O)N1CCc2c(c(-c3ccc(Cl)c(C)c3)nn2CC(O)CN2CCC(c3ccccc3C)CC2)C1. The smallest absolute Gasteiger partial charge is 0.219 e. The molecular formula is C30H37ClN4O2. The first-order valence-corrected chi connectivity index (χ1v) is 13.7. The molecule has 5 rings (SSSR count).